The SMILES string of the molecule is Cc1ccc2c(c1)C(O)(Cc1cccs1)CC2. The molecule has 17 heavy (non-hydrogen) atoms. The Labute approximate surface area is 106 Å². The maximum Gasteiger partial charge on any atom is 0.0950 e. The Morgan fingerprint density at radius 2 is 2.24 bits per heavy atom. The van der Waals surface area contributed by atoms with Gasteiger partial charge < -0.3 is 5.11 Å². The predicted molar refractivity (Wildman–Crippen MR) is 71.4 cm³/mol. The Morgan fingerprint density at radius 1 is 1.35 bits per heavy atom. The van der Waals surface area contributed by atoms with Crippen LogP contribution in [0.4, 0.5) is 0 Å². The number of hydrogen-bond donors (Lipinski definition) is 1. The molecule has 1 heterocycles. The van der Waals surface area contributed by atoms with Gasteiger partial charge in [-0.05, 0) is 42.3 Å². The van der Waals surface area contributed by atoms with Crippen molar-refractivity contribution >= 4 is 11.3 Å². The molecule has 0 saturated carbocycles. The van der Waals surface area contributed by atoms with Crippen LogP contribution >= 0.6 is 11.3 Å². The van der Waals surface area contributed by atoms with E-state index < -0.39 is 5.60 Å². The van der Waals surface area contributed by atoms with Gasteiger partial charge in [-0.25, -0.2) is 0 Å². The van der Waals surface area contributed by atoms with Gasteiger partial charge >= 0.3 is 0 Å². The lowest BCUT2D eigenvalue weighted by Crippen LogP contribution is -2.24. The first-order valence-electron chi connectivity index (χ1n) is 6.02. The number of aryl methyl sites for hydroxylation is 2. The molecule has 1 aromatic carbocycles. The molecule has 0 amide bonds. The lowest BCUT2D eigenvalue weighted by Gasteiger charge is -2.23. The molecule has 0 bridgehead atoms. The molecule has 0 radical (unpaired) electrons. The van der Waals surface area contributed by atoms with Crippen LogP contribution in [0.1, 0.15) is 28.0 Å². The zero-order valence-corrected chi connectivity index (χ0v) is 10.8. The van der Waals surface area contributed by atoms with Crippen LogP contribution in [0.15, 0.2) is 35.7 Å². The van der Waals surface area contributed by atoms with E-state index in [4.69, 9.17) is 0 Å². The molecule has 1 aliphatic rings. The van der Waals surface area contributed by atoms with Gasteiger partial charge in [0.1, 0.15) is 0 Å². The Bertz CT molecular complexity index is 530. The third kappa shape index (κ3) is 1.92. The van der Waals surface area contributed by atoms with Crippen molar-refractivity contribution in [3.05, 3.63) is 57.3 Å². The van der Waals surface area contributed by atoms with Crippen molar-refractivity contribution in [2.24, 2.45) is 0 Å². The van der Waals surface area contributed by atoms with E-state index in [-0.39, 0.29) is 0 Å². The zero-order chi connectivity index (χ0) is 11.9. The third-order valence-corrected chi connectivity index (χ3v) is 4.50. The van der Waals surface area contributed by atoms with Gasteiger partial charge in [0.2, 0.25) is 0 Å². The second-order valence-corrected chi connectivity index (χ2v) is 5.98. The largest absolute Gasteiger partial charge is 0.385 e. The highest BCUT2D eigenvalue weighted by Gasteiger charge is 2.36. The van der Waals surface area contributed by atoms with Crippen LogP contribution in [-0.2, 0) is 18.4 Å². The summed E-state index contributed by atoms with van der Waals surface area (Å²) >= 11 is 1.73. The highest BCUT2D eigenvalue weighted by molar-refractivity contribution is 7.09. The number of aliphatic hydroxyl groups is 1. The normalized spacial score (nSPS) is 22.7. The molecule has 1 aliphatic carbocycles. The summed E-state index contributed by atoms with van der Waals surface area (Å²) in [5.74, 6) is 0. The molecule has 88 valence electrons. The first-order chi connectivity index (χ1) is 8.17. The number of fused-ring (bicyclic) bond motifs is 1. The summed E-state index contributed by atoms with van der Waals surface area (Å²) in [4.78, 5) is 1.27. The van der Waals surface area contributed by atoms with Crippen molar-refractivity contribution < 1.29 is 5.11 Å². The van der Waals surface area contributed by atoms with E-state index in [2.05, 4.69) is 42.6 Å². The number of thiophene rings is 1. The smallest absolute Gasteiger partial charge is 0.0950 e. The summed E-state index contributed by atoms with van der Waals surface area (Å²) in [5.41, 5.74) is 3.04. The summed E-state index contributed by atoms with van der Waals surface area (Å²) in [6.07, 6.45) is 2.60. The summed E-state index contributed by atoms with van der Waals surface area (Å²) in [6.45, 7) is 2.09. The van der Waals surface area contributed by atoms with Crippen LogP contribution < -0.4 is 0 Å². The first kappa shape index (κ1) is 11.0. The number of hydrogen-bond acceptors (Lipinski definition) is 2. The van der Waals surface area contributed by atoms with E-state index in [9.17, 15) is 5.11 Å². The van der Waals surface area contributed by atoms with Crippen LogP contribution in [0.3, 0.4) is 0 Å². The Hall–Kier alpha value is -1.12. The first-order valence-corrected chi connectivity index (χ1v) is 6.90. The molecule has 1 atom stereocenters. The maximum absolute atomic E-state index is 10.8. The molecule has 0 aliphatic heterocycles. The highest BCUT2D eigenvalue weighted by Crippen LogP contribution is 2.40. The second kappa shape index (κ2) is 3.97. The van der Waals surface area contributed by atoms with Gasteiger partial charge in [0.05, 0.1) is 5.60 Å². The van der Waals surface area contributed by atoms with Crippen LogP contribution in [0.25, 0.3) is 0 Å². The van der Waals surface area contributed by atoms with Gasteiger partial charge in [0.15, 0.2) is 0 Å². The summed E-state index contributed by atoms with van der Waals surface area (Å²) in [6, 6.07) is 10.6. The molecule has 1 N–H and O–H groups in total. The fourth-order valence-corrected chi connectivity index (χ4v) is 3.51. The Morgan fingerprint density at radius 3 is 3.00 bits per heavy atom. The molecule has 0 saturated heterocycles. The van der Waals surface area contributed by atoms with E-state index in [1.54, 1.807) is 11.3 Å². The molecular weight excluding hydrogens is 228 g/mol. The molecule has 1 nitrogen and oxygen atoms in total. The van der Waals surface area contributed by atoms with Crippen molar-refractivity contribution in [3.8, 4) is 0 Å². The molecule has 1 unspecified atom stereocenters. The summed E-state index contributed by atoms with van der Waals surface area (Å²) in [7, 11) is 0. The Kier molecular flexibility index (Phi) is 2.57. The van der Waals surface area contributed by atoms with E-state index >= 15 is 0 Å². The van der Waals surface area contributed by atoms with Crippen molar-refractivity contribution in [1.82, 2.24) is 0 Å². The molecular formula is C15H16OS. The van der Waals surface area contributed by atoms with Crippen LogP contribution in [0.2, 0.25) is 0 Å². The van der Waals surface area contributed by atoms with Gasteiger partial charge in [0, 0.05) is 11.3 Å². The fourth-order valence-electron chi connectivity index (χ4n) is 2.70. The molecule has 0 fully saturated rings. The highest BCUT2D eigenvalue weighted by atomic mass is 32.1. The second-order valence-electron chi connectivity index (χ2n) is 4.95. The lowest BCUT2D eigenvalue weighted by molar-refractivity contribution is 0.0397. The van der Waals surface area contributed by atoms with Gasteiger partial charge in [-0.3, -0.25) is 0 Å². The van der Waals surface area contributed by atoms with E-state index in [1.165, 1.54) is 16.0 Å². The third-order valence-electron chi connectivity index (χ3n) is 3.62. The minimum Gasteiger partial charge on any atom is -0.385 e. The number of rotatable bonds is 2. The van der Waals surface area contributed by atoms with Gasteiger partial charge in [-0.1, -0.05) is 29.8 Å². The van der Waals surface area contributed by atoms with E-state index in [0.29, 0.717) is 0 Å². The lowest BCUT2D eigenvalue weighted by atomic mass is 9.91. The minimum absolute atomic E-state index is 0.647. The predicted octanol–water partition coefficient (Wildman–Crippen LogP) is 3.43. The van der Waals surface area contributed by atoms with Gasteiger partial charge in [0.25, 0.3) is 0 Å². The molecule has 1 aromatic heterocycles. The molecule has 3 rings (SSSR count). The average molecular weight is 244 g/mol. The molecule has 0 spiro atoms. The minimum atomic E-state index is -0.647. The Balaban J connectivity index is 1.98. The van der Waals surface area contributed by atoms with Gasteiger partial charge in [-0.2, -0.15) is 0 Å². The van der Waals surface area contributed by atoms with Crippen LogP contribution in [0.5, 0.6) is 0 Å². The summed E-state index contributed by atoms with van der Waals surface area (Å²) in [5, 5.41) is 12.9. The average Bonchev–Trinajstić information content (AvgIpc) is 2.89. The zero-order valence-electron chi connectivity index (χ0n) is 9.94. The van der Waals surface area contributed by atoms with Crippen LogP contribution in [0, 0.1) is 6.92 Å². The van der Waals surface area contributed by atoms with Crippen molar-refractivity contribution in [2.75, 3.05) is 0 Å². The van der Waals surface area contributed by atoms with Crippen molar-refractivity contribution in [1.29, 1.82) is 0 Å². The van der Waals surface area contributed by atoms with E-state index in [0.717, 1.165) is 24.8 Å². The summed E-state index contributed by atoms with van der Waals surface area (Å²) < 4.78 is 0. The molecule has 2 aromatic rings. The van der Waals surface area contributed by atoms with Crippen LogP contribution in [-0.4, -0.2) is 5.11 Å². The number of benzene rings is 1. The van der Waals surface area contributed by atoms with Crippen molar-refractivity contribution in [2.45, 2.75) is 31.8 Å². The monoisotopic (exact) mass is 244 g/mol. The topological polar surface area (TPSA) is 20.2 Å². The van der Waals surface area contributed by atoms with E-state index in [1.807, 2.05) is 0 Å². The van der Waals surface area contributed by atoms with Crippen molar-refractivity contribution in [3.63, 3.8) is 0 Å². The molecule has 2 heteroatoms. The maximum atomic E-state index is 10.8. The standard InChI is InChI=1S/C15H16OS/c1-11-4-5-12-6-7-15(16,14(12)9-11)10-13-3-2-8-17-13/h2-5,8-9,16H,6-7,10H2,1H3. The quantitative estimate of drug-likeness (QED) is 0.858. The van der Waals surface area contributed by atoms with Gasteiger partial charge in [-0.15, -0.1) is 11.3 Å². The fraction of sp³-hybridized carbons (Fsp3) is 0.333.